The third-order valence-corrected chi connectivity index (χ3v) is 3.06. The fraction of sp³-hybridized carbons (Fsp3) is 0.300. The van der Waals surface area contributed by atoms with Gasteiger partial charge in [-0.25, -0.2) is 0 Å². The van der Waals surface area contributed by atoms with Gasteiger partial charge in [-0.1, -0.05) is 22.0 Å². The summed E-state index contributed by atoms with van der Waals surface area (Å²) in [5.41, 5.74) is 1.68. The van der Waals surface area contributed by atoms with Gasteiger partial charge in [0.1, 0.15) is 0 Å². The minimum Gasteiger partial charge on any atom is -0.292 e. The molecule has 0 N–H and O–H groups in total. The van der Waals surface area contributed by atoms with Crippen LogP contribution in [-0.4, -0.2) is 11.2 Å². The second-order valence-electron chi connectivity index (χ2n) is 2.97. The summed E-state index contributed by atoms with van der Waals surface area (Å²) in [5, 5.41) is 0.251. The average molecular weight is 294 g/mol. The molecule has 1 unspecified atom stereocenters. The Morgan fingerprint density at radius 3 is 2.71 bits per heavy atom. The maximum absolute atomic E-state index is 11.6. The number of carbonyl (C=O) groups excluding carboxylic acids is 1. The highest BCUT2D eigenvalue weighted by Crippen LogP contribution is 2.20. The van der Waals surface area contributed by atoms with Gasteiger partial charge in [0.05, 0.1) is 5.38 Å². The van der Waals surface area contributed by atoms with E-state index in [2.05, 4.69) is 28.6 Å². The summed E-state index contributed by atoms with van der Waals surface area (Å²) in [6.07, 6.45) is 0. The minimum absolute atomic E-state index is 0.0854. The maximum Gasteiger partial charge on any atom is 0.181 e. The molecule has 0 heterocycles. The van der Waals surface area contributed by atoms with Gasteiger partial charge in [0, 0.05) is 15.8 Å². The Hall–Kier alpha value is 0.01000. The first kappa shape index (κ1) is 12.1. The zero-order valence-corrected chi connectivity index (χ0v) is 10.9. The van der Waals surface area contributed by atoms with Crippen LogP contribution in [-0.2, 0) is 5.33 Å². The third-order valence-electron chi connectivity index (χ3n) is 1.84. The molecular weight excluding hydrogens is 284 g/mol. The number of halogens is 2. The van der Waals surface area contributed by atoms with E-state index in [1.54, 1.807) is 13.0 Å². The normalized spacial score (nSPS) is 12.6. The van der Waals surface area contributed by atoms with Crippen molar-refractivity contribution in [3.63, 3.8) is 0 Å². The van der Waals surface area contributed by atoms with E-state index in [9.17, 15) is 4.79 Å². The molecule has 0 aliphatic carbocycles. The van der Waals surface area contributed by atoms with E-state index in [4.69, 9.17) is 11.6 Å². The summed E-state index contributed by atoms with van der Waals surface area (Å²) in [7, 11) is 0. The Labute approximate surface area is 102 Å². The van der Waals surface area contributed by atoms with Crippen LogP contribution in [0.25, 0.3) is 0 Å². The van der Waals surface area contributed by atoms with Gasteiger partial charge in [-0.3, -0.25) is 4.79 Å². The molecule has 0 aliphatic heterocycles. The Balaban J connectivity index is 3.06. The molecule has 0 fully saturated rings. The second kappa shape index (κ2) is 5.19. The van der Waals surface area contributed by atoms with Crippen LogP contribution in [0.4, 0.5) is 0 Å². The molecular formula is C10H10BrClOS. The van der Waals surface area contributed by atoms with Crippen LogP contribution in [0.1, 0.15) is 22.8 Å². The minimum atomic E-state index is -0.504. The first-order valence-corrected chi connectivity index (χ1v) is 6.13. The molecule has 0 aromatic heterocycles. The molecule has 1 nitrogen and oxygen atoms in total. The monoisotopic (exact) mass is 292 g/mol. The lowest BCUT2D eigenvalue weighted by molar-refractivity contribution is 0.0989. The highest BCUT2D eigenvalue weighted by molar-refractivity contribution is 9.08. The predicted octanol–water partition coefficient (Wildman–Crippen LogP) is 3.68. The first-order chi connectivity index (χ1) is 6.56. The van der Waals surface area contributed by atoms with Crippen LogP contribution in [0.5, 0.6) is 0 Å². The maximum atomic E-state index is 11.6. The van der Waals surface area contributed by atoms with Gasteiger partial charge in [-0.15, -0.1) is 24.2 Å². The Bertz CT molecular complexity index is 352. The topological polar surface area (TPSA) is 17.1 Å². The first-order valence-electron chi connectivity index (χ1n) is 4.12. The summed E-state index contributed by atoms with van der Waals surface area (Å²) in [6.45, 7) is 1.66. The highest BCUT2D eigenvalue weighted by Gasteiger charge is 2.14. The van der Waals surface area contributed by atoms with E-state index in [1.807, 2.05) is 12.1 Å². The van der Waals surface area contributed by atoms with E-state index in [-0.39, 0.29) is 5.78 Å². The van der Waals surface area contributed by atoms with E-state index >= 15 is 0 Å². The smallest absolute Gasteiger partial charge is 0.181 e. The lowest BCUT2D eigenvalue weighted by Gasteiger charge is -2.06. The standard InChI is InChI=1S/C10H10BrClOS/c1-6(12)10(13)8-3-2-7(5-11)4-9(8)14/h2-4,6,14H,5H2,1H3. The van der Waals surface area contributed by atoms with Gasteiger partial charge in [0.2, 0.25) is 0 Å². The van der Waals surface area contributed by atoms with Crippen molar-refractivity contribution in [3.05, 3.63) is 29.3 Å². The van der Waals surface area contributed by atoms with Crippen molar-refractivity contribution in [3.8, 4) is 0 Å². The fourth-order valence-electron chi connectivity index (χ4n) is 1.08. The zero-order valence-electron chi connectivity index (χ0n) is 7.63. The van der Waals surface area contributed by atoms with Crippen LogP contribution in [0, 0.1) is 0 Å². The molecule has 0 radical (unpaired) electrons. The molecule has 1 rings (SSSR count). The van der Waals surface area contributed by atoms with Gasteiger partial charge >= 0.3 is 0 Å². The summed E-state index contributed by atoms with van der Waals surface area (Å²) in [6, 6.07) is 5.52. The van der Waals surface area contributed by atoms with Crippen LogP contribution < -0.4 is 0 Å². The van der Waals surface area contributed by atoms with Crippen molar-refractivity contribution in [1.82, 2.24) is 0 Å². The number of hydrogen-bond acceptors (Lipinski definition) is 2. The van der Waals surface area contributed by atoms with Crippen LogP contribution in [0.3, 0.4) is 0 Å². The fourth-order valence-corrected chi connectivity index (χ4v) is 1.90. The quantitative estimate of drug-likeness (QED) is 0.511. The number of rotatable bonds is 3. The van der Waals surface area contributed by atoms with Crippen molar-refractivity contribution >= 4 is 45.9 Å². The number of ketones is 1. The molecule has 1 atom stereocenters. The zero-order chi connectivity index (χ0) is 10.7. The molecule has 1 aromatic rings. The molecule has 0 saturated heterocycles. The summed E-state index contributed by atoms with van der Waals surface area (Å²) in [5.74, 6) is -0.0854. The largest absolute Gasteiger partial charge is 0.292 e. The molecule has 76 valence electrons. The van der Waals surface area contributed by atoms with Gasteiger partial charge in [-0.05, 0) is 24.6 Å². The van der Waals surface area contributed by atoms with Gasteiger partial charge < -0.3 is 0 Å². The van der Waals surface area contributed by atoms with Crippen molar-refractivity contribution in [2.45, 2.75) is 22.5 Å². The Kier molecular flexibility index (Phi) is 4.48. The van der Waals surface area contributed by atoms with E-state index in [0.29, 0.717) is 10.5 Å². The number of alkyl halides is 2. The van der Waals surface area contributed by atoms with Gasteiger partial charge in [-0.2, -0.15) is 0 Å². The Morgan fingerprint density at radius 1 is 1.64 bits per heavy atom. The molecule has 4 heteroatoms. The van der Waals surface area contributed by atoms with Crippen LogP contribution in [0.2, 0.25) is 0 Å². The number of Topliss-reactive ketones (excluding diaryl/α,β-unsaturated/α-hetero) is 1. The molecule has 0 spiro atoms. The van der Waals surface area contributed by atoms with Gasteiger partial charge in [0.15, 0.2) is 5.78 Å². The molecule has 14 heavy (non-hydrogen) atoms. The molecule has 0 amide bonds. The van der Waals surface area contributed by atoms with Crippen LogP contribution in [0.15, 0.2) is 23.1 Å². The molecule has 1 aromatic carbocycles. The number of hydrogen-bond donors (Lipinski definition) is 1. The summed E-state index contributed by atoms with van der Waals surface area (Å²) < 4.78 is 0. The number of thiol groups is 1. The van der Waals surface area contributed by atoms with Crippen molar-refractivity contribution in [1.29, 1.82) is 0 Å². The van der Waals surface area contributed by atoms with Crippen LogP contribution >= 0.6 is 40.2 Å². The Morgan fingerprint density at radius 2 is 2.29 bits per heavy atom. The SMILES string of the molecule is CC(Cl)C(=O)c1ccc(CBr)cc1S. The molecule has 0 saturated carbocycles. The summed E-state index contributed by atoms with van der Waals surface area (Å²) in [4.78, 5) is 12.3. The van der Waals surface area contributed by atoms with Crippen molar-refractivity contribution in [2.75, 3.05) is 0 Å². The van der Waals surface area contributed by atoms with Crippen molar-refractivity contribution in [2.24, 2.45) is 0 Å². The number of carbonyl (C=O) groups is 1. The molecule has 0 bridgehead atoms. The van der Waals surface area contributed by atoms with E-state index in [0.717, 1.165) is 10.9 Å². The predicted molar refractivity (Wildman–Crippen MR) is 66.0 cm³/mol. The lowest BCUT2D eigenvalue weighted by Crippen LogP contribution is -2.11. The van der Waals surface area contributed by atoms with Gasteiger partial charge in [0.25, 0.3) is 0 Å². The third kappa shape index (κ3) is 2.75. The molecule has 0 aliphatic rings. The number of benzene rings is 1. The second-order valence-corrected chi connectivity index (χ2v) is 4.66. The lowest BCUT2D eigenvalue weighted by atomic mass is 10.1. The summed E-state index contributed by atoms with van der Waals surface area (Å²) >= 11 is 13.3. The van der Waals surface area contributed by atoms with E-state index < -0.39 is 5.38 Å². The van der Waals surface area contributed by atoms with Crippen molar-refractivity contribution < 1.29 is 4.79 Å². The van der Waals surface area contributed by atoms with E-state index in [1.165, 1.54) is 0 Å². The average Bonchev–Trinajstić information content (AvgIpc) is 2.16. The highest BCUT2D eigenvalue weighted by atomic mass is 79.9.